The third-order valence-corrected chi connectivity index (χ3v) is 4.53. The van der Waals surface area contributed by atoms with Gasteiger partial charge in [-0.15, -0.1) is 0 Å². The fourth-order valence-corrected chi connectivity index (χ4v) is 3.03. The Morgan fingerprint density at radius 2 is 1.90 bits per heavy atom. The summed E-state index contributed by atoms with van der Waals surface area (Å²) in [6.07, 6.45) is 1.06. The summed E-state index contributed by atoms with van der Waals surface area (Å²) in [5.74, 6) is 0. The molecule has 3 rings (SSSR count). The van der Waals surface area contributed by atoms with Gasteiger partial charge in [-0.25, -0.2) is 13.6 Å². The molecule has 6 heteroatoms. The lowest BCUT2D eigenvalue weighted by atomic mass is 10.1. The van der Waals surface area contributed by atoms with Gasteiger partial charge in [0.05, 0.1) is 4.90 Å². The van der Waals surface area contributed by atoms with Crippen LogP contribution in [0.3, 0.4) is 0 Å². The van der Waals surface area contributed by atoms with Crippen molar-refractivity contribution in [3.8, 4) is 0 Å². The smallest absolute Gasteiger partial charge is 0.238 e. The van der Waals surface area contributed by atoms with Crippen LogP contribution >= 0.6 is 0 Å². The van der Waals surface area contributed by atoms with Crippen LogP contribution in [-0.2, 0) is 23.0 Å². The zero-order valence-electron chi connectivity index (χ0n) is 11.5. The highest BCUT2D eigenvalue weighted by molar-refractivity contribution is 7.89. The second-order valence-electron chi connectivity index (χ2n) is 5.05. The largest absolute Gasteiger partial charge is 0.384 e. The predicted octanol–water partition coefficient (Wildman–Crippen LogP) is 1.91. The minimum absolute atomic E-state index is 0.121. The van der Waals surface area contributed by atoms with Crippen molar-refractivity contribution in [1.82, 2.24) is 0 Å². The first-order valence-corrected chi connectivity index (χ1v) is 8.30. The molecule has 0 amide bonds. The van der Waals surface area contributed by atoms with Crippen molar-refractivity contribution in [3.63, 3.8) is 0 Å². The minimum Gasteiger partial charge on any atom is -0.384 e. The van der Waals surface area contributed by atoms with Gasteiger partial charge in [0, 0.05) is 24.5 Å². The molecule has 110 valence electrons. The molecule has 0 fully saturated rings. The highest BCUT2D eigenvalue weighted by atomic mass is 32.2. The summed E-state index contributed by atoms with van der Waals surface area (Å²) in [6.45, 7) is 1.67. The van der Waals surface area contributed by atoms with Crippen LogP contribution in [0.1, 0.15) is 11.1 Å². The van der Waals surface area contributed by atoms with E-state index in [1.807, 2.05) is 0 Å². The third kappa shape index (κ3) is 3.01. The maximum Gasteiger partial charge on any atom is 0.238 e. The lowest BCUT2D eigenvalue weighted by molar-refractivity contribution is 0.598. The number of rotatable bonds is 4. The van der Waals surface area contributed by atoms with Gasteiger partial charge in [0.15, 0.2) is 0 Å². The molecule has 0 bridgehead atoms. The SMILES string of the molecule is NS(=O)(=O)c1ccc(NCc2cccc3c2NCC3)cc1. The second kappa shape index (κ2) is 5.38. The summed E-state index contributed by atoms with van der Waals surface area (Å²) in [5, 5.41) is 11.8. The van der Waals surface area contributed by atoms with E-state index in [0.29, 0.717) is 6.54 Å². The van der Waals surface area contributed by atoms with Gasteiger partial charge in [0.25, 0.3) is 0 Å². The summed E-state index contributed by atoms with van der Waals surface area (Å²) in [6, 6.07) is 12.7. The highest BCUT2D eigenvalue weighted by Gasteiger charge is 2.13. The van der Waals surface area contributed by atoms with E-state index in [4.69, 9.17) is 5.14 Å². The molecule has 1 aliphatic rings. The maximum absolute atomic E-state index is 11.2. The molecule has 1 heterocycles. The first-order valence-electron chi connectivity index (χ1n) is 6.75. The summed E-state index contributed by atoms with van der Waals surface area (Å²) < 4.78 is 22.4. The van der Waals surface area contributed by atoms with Crippen molar-refractivity contribution in [3.05, 3.63) is 53.6 Å². The Morgan fingerprint density at radius 1 is 1.14 bits per heavy atom. The van der Waals surface area contributed by atoms with Gasteiger partial charge in [-0.2, -0.15) is 0 Å². The fourth-order valence-electron chi connectivity index (χ4n) is 2.52. The Kier molecular flexibility index (Phi) is 3.57. The predicted molar refractivity (Wildman–Crippen MR) is 83.8 cm³/mol. The Labute approximate surface area is 124 Å². The molecule has 0 radical (unpaired) electrons. The number of benzene rings is 2. The molecule has 2 aromatic rings. The standard InChI is InChI=1S/C15H17N3O2S/c16-21(19,20)14-6-4-13(5-7-14)18-10-12-3-1-2-11-8-9-17-15(11)12/h1-7,17-18H,8-10H2,(H2,16,19,20). The number of para-hydroxylation sites is 1. The monoisotopic (exact) mass is 303 g/mol. The summed E-state index contributed by atoms with van der Waals surface area (Å²) in [5.41, 5.74) is 4.63. The van der Waals surface area contributed by atoms with E-state index in [0.717, 1.165) is 18.7 Å². The van der Waals surface area contributed by atoms with Crippen LogP contribution in [0.25, 0.3) is 0 Å². The molecule has 0 saturated carbocycles. The number of anilines is 2. The van der Waals surface area contributed by atoms with Gasteiger partial charge < -0.3 is 10.6 Å². The molecule has 2 aromatic carbocycles. The first-order chi connectivity index (χ1) is 10.0. The van der Waals surface area contributed by atoms with Crippen LogP contribution in [-0.4, -0.2) is 15.0 Å². The van der Waals surface area contributed by atoms with Crippen molar-refractivity contribution < 1.29 is 8.42 Å². The van der Waals surface area contributed by atoms with Crippen molar-refractivity contribution in [2.24, 2.45) is 5.14 Å². The van der Waals surface area contributed by atoms with E-state index < -0.39 is 10.0 Å². The van der Waals surface area contributed by atoms with Gasteiger partial charge in [0.2, 0.25) is 10.0 Å². The van der Waals surface area contributed by atoms with Crippen LogP contribution in [0, 0.1) is 0 Å². The number of hydrogen-bond acceptors (Lipinski definition) is 4. The van der Waals surface area contributed by atoms with Gasteiger partial charge in [-0.1, -0.05) is 18.2 Å². The minimum atomic E-state index is -3.63. The maximum atomic E-state index is 11.2. The van der Waals surface area contributed by atoms with Crippen molar-refractivity contribution in [2.75, 3.05) is 17.2 Å². The van der Waals surface area contributed by atoms with Crippen molar-refractivity contribution >= 4 is 21.4 Å². The molecule has 0 aromatic heterocycles. The number of hydrogen-bond donors (Lipinski definition) is 3. The molecule has 4 N–H and O–H groups in total. The summed E-state index contributed by atoms with van der Waals surface area (Å²) in [4.78, 5) is 0.121. The molecule has 21 heavy (non-hydrogen) atoms. The van der Waals surface area contributed by atoms with Crippen LogP contribution in [0.5, 0.6) is 0 Å². The second-order valence-corrected chi connectivity index (χ2v) is 6.61. The Balaban J connectivity index is 1.73. The van der Waals surface area contributed by atoms with E-state index in [2.05, 4.69) is 28.8 Å². The Morgan fingerprint density at radius 3 is 2.62 bits per heavy atom. The number of fused-ring (bicyclic) bond motifs is 1. The normalized spacial score (nSPS) is 13.6. The molecule has 0 unspecified atom stereocenters. The third-order valence-electron chi connectivity index (χ3n) is 3.60. The highest BCUT2D eigenvalue weighted by Crippen LogP contribution is 2.27. The van der Waals surface area contributed by atoms with Gasteiger partial charge in [-0.05, 0) is 41.8 Å². The molecule has 0 spiro atoms. The summed E-state index contributed by atoms with van der Waals surface area (Å²) >= 11 is 0. The zero-order chi connectivity index (χ0) is 14.9. The van der Waals surface area contributed by atoms with Gasteiger partial charge in [-0.3, -0.25) is 0 Å². The van der Waals surface area contributed by atoms with E-state index in [1.54, 1.807) is 12.1 Å². The average Bonchev–Trinajstić information content (AvgIpc) is 2.93. The van der Waals surface area contributed by atoms with Crippen LogP contribution < -0.4 is 15.8 Å². The van der Waals surface area contributed by atoms with Crippen molar-refractivity contribution in [2.45, 2.75) is 17.9 Å². The van der Waals surface area contributed by atoms with E-state index >= 15 is 0 Å². The topological polar surface area (TPSA) is 84.2 Å². The number of primary sulfonamides is 1. The lowest BCUT2D eigenvalue weighted by Gasteiger charge is -2.11. The fraction of sp³-hybridized carbons (Fsp3) is 0.200. The van der Waals surface area contributed by atoms with E-state index in [9.17, 15) is 8.42 Å². The Bertz CT molecular complexity index is 755. The van der Waals surface area contributed by atoms with Crippen molar-refractivity contribution in [1.29, 1.82) is 0 Å². The van der Waals surface area contributed by atoms with Crippen LogP contribution in [0.15, 0.2) is 47.4 Å². The molecule has 0 saturated heterocycles. The lowest BCUT2D eigenvalue weighted by Crippen LogP contribution is -2.12. The molecular weight excluding hydrogens is 286 g/mol. The molecule has 5 nitrogen and oxygen atoms in total. The van der Waals surface area contributed by atoms with Gasteiger partial charge >= 0.3 is 0 Å². The molecule has 0 aliphatic carbocycles. The average molecular weight is 303 g/mol. The number of nitrogens with one attached hydrogen (secondary N) is 2. The number of sulfonamides is 1. The van der Waals surface area contributed by atoms with Gasteiger partial charge in [0.1, 0.15) is 0 Å². The first kappa shape index (κ1) is 13.9. The molecular formula is C15H17N3O2S. The number of nitrogens with two attached hydrogens (primary N) is 1. The van der Waals surface area contributed by atoms with E-state index in [1.165, 1.54) is 28.9 Å². The summed E-state index contributed by atoms with van der Waals surface area (Å²) in [7, 11) is -3.63. The quantitative estimate of drug-likeness (QED) is 0.805. The van der Waals surface area contributed by atoms with E-state index in [-0.39, 0.29) is 4.90 Å². The molecule has 0 atom stereocenters. The zero-order valence-corrected chi connectivity index (χ0v) is 12.3. The molecule has 1 aliphatic heterocycles. The van der Waals surface area contributed by atoms with Crippen LogP contribution in [0.4, 0.5) is 11.4 Å². The Hall–Kier alpha value is -2.05. The van der Waals surface area contributed by atoms with Crippen LogP contribution in [0.2, 0.25) is 0 Å².